The monoisotopic (exact) mass is 598 g/mol. The number of likely N-dealkylation sites (tertiary alicyclic amines) is 1. The molecule has 3 heterocycles. The molecule has 1 aliphatic heterocycles. The molecule has 0 radical (unpaired) electrons. The molecule has 7 nitrogen and oxygen atoms in total. The number of methoxy groups -OCH3 is 1. The van der Waals surface area contributed by atoms with E-state index >= 15 is 0 Å². The summed E-state index contributed by atoms with van der Waals surface area (Å²) < 4.78 is 46.6. The zero-order valence-corrected chi connectivity index (χ0v) is 23.9. The van der Waals surface area contributed by atoms with Gasteiger partial charge < -0.3 is 15.0 Å². The van der Waals surface area contributed by atoms with E-state index in [-0.39, 0.29) is 17.7 Å². The standard InChI is InChI=1S/C31H30ClF3N4O3/c1-18-9-10-39(16-18)17-22-6-5-21(13-25(22)31(33,34)35)29(40)37-24-7-8-26(32)20(12-24)4-3-19-11-23-14-27(30(41)42-2)38-28(23)36-15-19/h5-8,11-15,18H,3-4,9-10,16-17H2,1-2H3,(H,36,38)(H,37,40). The van der Waals surface area contributed by atoms with Crippen LogP contribution in [0, 0.1) is 5.92 Å². The average Bonchev–Trinajstić information content (AvgIpc) is 3.57. The second-order valence-corrected chi connectivity index (χ2v) is 11.1. The molecule has 0 bridgehead atoms. The first kappa shape index (κ1) is 29.6. The van der Waals surface area contributed by atoms with Crippen molar-refractivity contribution in [3.8, 4) is 0 Å². The molecule has 0 saturated carbocycles. The highest BCUT2D eigenvalue weighted by atomic mass is 35.5. The van der Waals surface area contributed by atoms with Crippen LogP contribution in [0.4, 0.5) is 18.9 Å². The first-order chi connectivity index (χ1) is 20.0. The lowest BCUT2D eigenvalue weighted by molar-refractivity contribution is -0.138. The van der Waals surface area contributed by atoms with Crippen LogP contribution in [-0.2, 0) is 30.3 Å². The van der Waals surface area contributed by atoms with Crippen molar-refractivity contribution >= 4 is 40.2 Å². The number of fused-ring (bicyclic) bond motifs is 1. The van der Waals surface area contributed by atoms with E-state index in [4.69, 9.17) is 16.3 Å². The number of amides is 1. The van der Waals surface area contributed by atoms with Gasteiger partial charge in [0, 0.05) is 40.9 Å². The van der Waals surface area contributed by atoms with Crippen LogP contribution < -0.4 is 5.32 Å². The predicted octanol–water partition coefficient (Wildman–Crippen LogP) is 6.90. The van der Waals surface area contributed by atoms with Gasteiger partial charge in [-0.1, -0.05) is 24.6 Å². The number of halogens is 4. The molecule has 0 spiro atoms. The highest BCUT2D eigenvalue weighted by Gasteiger charge is 2.35. The molecule has 1 fully saturated rings. The highest BCUT2D eigenvalue weighted by molar-refractivity contribution is 6.31. The number of anilines is 1. The van der Waals surface area contributed by atoms with Crippen LogP contribution in [0.1, 0.15) is 56.4 Å². The molecule has 2 aromatic heterocycles. The number of pyridine rings is 1. The lowest BCUT2D eigenvalue weighted by Crippen LogP contribution is -2.23. The van der Waals surface area contributed by atoms with E-state index in [0.717, 1.165) is 42.1 Å². The number of hydrogen-bond donors (Lipinski definition) is 2. The number of benzene rings is 2. The highest BCUT2D eigenvalue weighted by Crippen LogP contribution is 2.34. The first-order valence-corrected chi connectivity index (χ1v) is 14.0. The average molecular weight is 599 g/mol. The minimum Gasteiger partial charge on any atom is -0.464 e. The van der Waals surface area contributed by atoms with Gasteiger partial charge in [0.15, 0.2) is 0 Å². The number of aromatic nitrogens is 2. The third-order valence-electron chi connectivity index (χ3n) is 7.50. The summed E-state index contributed by atoms with van der Waals surface area (Å²) in [5.41, 5.74) is 2.25. The minimum atomic E-state index is -4.58. The van der Waals surface area contributed by atoms with Gasteiger partial charge in [-0.15, -0.1) is 0 Å². The zero-order chi connectivity index (χ0) is 30.0. The second kappa shape index (κ2) is 12.1. The lowest BCUT2D eigenvalue weighted by Gasteiger charge is -2.20. The van der Waals surface area contributed by atoms with Gasteiger partial charge in [0.25, 0.3) is 5.91 Å². The Balaban J connectivity index is 1.28. The number of H-pyrrole nitrogens is 1. The largest absolute Gasteiger partial charge is 0.464 e. The number of alkyl halides is 3. The summed E-state index contributed by atoms with van der Waals surface area (Å²) in [6.45, 7) is 3.79. The van der Waals surface area contributed by atoms with Crippen molar-refractivity contribution in [3.63, 3.8) is 0 Å². The fraction of sp³-hybridized carbons (Fsp3) is 0.323. The number of ether oxygens (including phenoxy) is 1. The lowest BCUT2D eigenvalue weighted by atomic mass is 10.0. The number of nitrogens with zero attached hydrogens (tertiary/aromatic N) is 2. The quantitative estimate of drug-likeness (QED) is 0.215. The van der Waals surface area contributed by atoms with Gasteiger partial charge in [-0.05, 0) is 90.9 Å². The Morgan fingerprint density at radius 1 is 1.12 bits per heavy atom. The van der Waals surface area contributed by atoms with E-state index in [9.17, 15) is 22.8 Å². The molecule has 1 amide bonds. The van der Waals surface area contributed by atoms with E-state index in [1.54, 1.807) is 30.5 Å². The molecule has 5 rings (SSSR count). The van der Waals surface area contributed by atoms with Crippen LogP contribution in [0.25, 0.3) is 11.0 Å². The number of hydrogen-bond acceptors (Lipinski definition) is 5. The van der Waals surface area contributed by atoms with E-state index in [1.165, 1.54) is 19.2 Å². The fourth-order valence-corrected chi connectivity index (χ4v) is 5.49. The molecule has 2 aromatic carbocycles. The molecule has 220 valence electrons. The SMILES string of the molecule is COC(=O)c1cc2cc(CCc3cc(NC(=O)c4ccc(CN5CCC(C)C5)c(C(F)(F)F)c4)ccc3Cl)cnc2[nH]1. The number of nitrogens with one attached hydrogen (secondary N) is 2. The molecule has 0 aliphatic carbocycles. The molecular formula is C31H30ClF3N4O3. The topological polar surface area (TPSA) is 87.3 Å². The van der Waals surface area contributed by atoms with Gasteiger partial charge >= 0.3 is 12.1 Å². The maximum absolute atomic E-state index is 13.9. The van der Waals surface area contributed by atoms with Crippen molar-refractivity contribution in [2.45, 2.75) is 38.9 Å². The predicted molar refractivity (Wildman–Crippen MR) is 155 cm³/mol. The van der Waals surface area contributed by atoms with Gasteiger partial charge in [0.2, 0.25) is 0 Å². The van der Waals surface area contributed by atoms with Crippen LogP contribution >= 0.6 is 11.6 Å². The van der Waals surface area contributed by atoms with E-state index in [2.05, 4.69) is 22.2 Å². The van der Waals surface area contributed by atoms with Crippen LogP contribution in [-0.4, -0.2) is 46.9 Å². The van der Waals surface area contributed by atoms with Crippen molar-refractivity contribution < 1.29 is 27.5 Å². The second-order valence-electron chi connectivity index (χ2n) is 10.7. The van der Waals surface area contributed by atoms with E-state index < -0.39 is 23.6 Å². The third-order valence-corrected chi connectivity index (χ3v) is 7.87. The summed E-state index contributed by atoms with van der Waals surface area (Å²) in [7, 11) is 1.30. The molecule has 1 aliphatic rings. The minimum absolute atomic E-state index is 0.0745. The Labute approximate surface area is 246 Å². The molecule has 11 heteroatoms. The molecule has 1 unspecified atom stereocenters. The van der Waals surface area contributed by atoms with Crippen molar-refractivity contribution in [3.05, 3.63) is 93.3 Å². The van der Waals surface area contributed by atoms with Crippen molar-refractivity contribution in [2.24, 2.45) is 5.92 Å². The molecule has 4 aromatic rings. The number of rotatable bonds is 8. The van der Waals surface area contributed by atoms with Crippen LogP contribution in [0.3, 0.4) is 0 Å². The fourth-order valence-electron chi connectivity index (χ4n) is 5.27. The van der Waals surface area contributed by atoms with Crippen molar-refractivity contribution in [1.82, 2.24) is 14.9 Å². The maximum Gasteiger partial charge on any atom is 0.416 e. The van der Waals surface area contributed by atoms with E-state index in [0.29, 0.717) is 40.8 Å². The number of esters is 1. The Morgan fingerprint density at radius 2 is 1.93 bits per heavy atom. The number of aryl methyl sites for hydroxylation is 2. The van der Waals surface area contributed by atoms with Gasteiger partial charge in [-0.3, -0.25) is 9.69 Å². The summed E-state index contributed by atoms with van der Waals surface area (Å²) >= 11 is 6.42. The number of carbonyl (C=O) groups excluding carboxylic acids is 2. The Morgan fingerprint density at radius 3 is 2.64 bits per heavy atom. The molecule has 1 saturated heterocycles. The van der Waals surface area contributed by atoms with Crippen molar-refractivity contribution in [1.29, 1.82) is 0 Å². The number of aromatic amines is 1. The van der Waals surface area contributed by atoms with Crippen LogP contribution in [0.2, 0.25) is 5.02 Å². The summed E-state index contributed by atoms with van der Waals surface area (Å²) in [6.07, 6.45) is -0.825. The maximum atomic E-state index is 13.9. The Hall–Kier alpha value is -3.89. The summed E-state index contributed by atoms with van der Waals surface area (Å²) in [5.74, 6) is -0.671. The van der Waals surface area contributed by atoms with Gasteiger partial charge in [0.05, 0.1) is 12.7 Å². The van der Waals surface area contributed by atoms with Gasteiger partial charge in [0.1, 0.15) is 11.3 Å². The normalized spacial score (nSPS) is 15.7. The van der Waals surface area contributed by atoms with E-state index in [1.807, 2.05) is 11.0 Å². The molecular weight excluding hydrogens is 569 g/mol. The van der Waals surface area contributed by atoms with Crippen molar-refractivity contribution in [2.75, 3.05) is 25.5 Å². The summed E-state index contributed by atoms with van der Waals surface area (Å²) in [6, 6.07) is 12.3. The zero-order valence-electron chi connectivity index (χ0n) is 23.1. The molecule has 2 N–H and O–H groups in total. The first-order valence-electron chi connectivity index (χ1n) is 13.6. The summed E-state index contributed by atoms with van der Waals surface area (Å²) in [4.78, 5) is 34.1. The molecule has 1 atom stereocenters. The Kier molecular flexibility index (Phi) is 8.56. The smallest absolute Gasteiger partial charge is 0.416 e. The number of carbonyl (C=O) groups is 2. The van der Waals surface area contributed by atoms with Crippen LogP contribution in [0.5, 0.6) is 0 Å². The van der Waals surface area contributed by atoms with Crippen LogP contribution in [0.15, 0.2) is 54.7 Å². The third kappa shape index (κ3) is 6.77. The van der Waals surface area contributed by atoms with Gasteiger partial charge in [-0.2, -0.15) is 13.2 Å². The van der Waals surface area contributed by atoms with Gasteiger partial charge in [-0.25, -0.2) is 9.78 Å². The summed E-state index contributed by atoms with van der Waals surface area (Å²) in [5, 5.41) is 3.97. The Bertz CT molecular complexity index is 1640. The molecule has 42 heavy (non-hydrogen) atoms.